The lowest BCUT2D eigenvalue weighted by Crippen LogP contribution is -2.14. The fourth-order valence-corrected chi connectivity index (χ4v) is 4.81. The van der Waals surface area contributed by atoms with Gasteiger partial charge in [-0.3, -0.25) is 0 Å². The van der Waals surface area contributed by atoms with Crippen molar-refractivity contribution in [2.24, 2.45) is 5.92 Å². The second kappa shape index (κ2) is 10.5. The van der Waals surface area contributed by atoms with Crippen LogP contribution in [0.2, 0.25) is 0 Å². The first-order chi connectivity index (χ1) is 15.7. The Morgan fingerprint density at radius 2 is 1.56 bits per heavy atom. The maximum Gasteiger partial charge on any atom is 0.134 e. The van der Waals surface area contributed by atoms with Crippen molar-refractivity contribution < 1.29 is 4.39 Å². The minimum atomic E-state index is -0.0516. The molecule has 3 aromatic rings. The van der Waals surface area contributed by atoms with Crippen LogP contribution in [-0.2, 0) is 6.42 Å². The van der Waals surface area contributed by atoms with E-state index >= 15 is 4.39 Å². The van der Waals surface area contributed by atoms with E-state index in [9.17, 15) is 0 Å². The van der Waals surface area contributed by atoms with Gasteiger partial charge in [-0.15, -0.1) is 13.2 Å². The summed E-state index contributed by atoms with van der Waals surface area (Å²) in [5, 5.41) is 1.62. The molecule has 0 unspecified atom stereocenters. The van der Waals surface area contributed by atoms with Gasteiger partial charge in [0.05, 0.1) is 0 Å². The van der Waals surface area contributed by atoms with Crippen molar-refractivity contribution in [2.75, 3.05) is 0 Å². The van der Waals surface area contributed by atoms with E-state index in [1.54, 1.807) is 0 Å². The molecule has 32 heavy (non-hydrogen) atoms. The number of hydrogen-bond donors (Lipinski definition) is 0. The molecule has 162 valence electrons. The molecule has 1 aliphatic carbocycles. The average molecular weight is 423 g/mol. The molecule has 1 saturated carbocycles. The largest absolute Gasteiger partial charge is 0.206 e. The maximum absolute atomic E-state index is 15.3. The maximum atomic E-state index is 15.3. The monoisotopic (exact) mass is 422 g/mol. The second-order valence-corrected chi connectivity index (χ2v) is 8.92. The molecule has 0 atom stereocenters. The number of fused-ring (bicyclic) bond motifs is 1. The van der Waals surface area contributed by atoms with Gasteiger partial charge in [-0.05, 0) is 97.6 Å². The number of rotatable bonds is 6. The summed E-state index contributed by atoms with van der Waals surface area (Å²) in [6.45, 7) is 7.63. The molecule has 1 fully saturated rings. The quantitative estimate of drug-likeness (QED) is 0.276. The SMILES string of the molecule is C=CCCc1ccc(C#Cc2ccc3c(F)c(C4CCC(CC=C)CC4)ccc3c2)cc1. The Labute approximate surface area is 191 Å². The fourth-order valence-electron chi connectivity index (χ4n) is 4.81. The first kappa shape index (κ1) is 22.1. The molecular formula is C31H31F. The zero-order chi connectivity index (χ0) is 22.3. The smallest absolute Gasteiger partial charge is 0.134 e. The lowest BCUT2D eigenvalue weighted by molar-refractivity contribution is 0.324. The standard InChI is InChI=1S/C31H31F/c1-3-5-7-24-8-10-25(11-9-24)12-13-26-16-20-30-28(22-26)19-21-29(31(30)32)27-17-14-23(6-4-2)15-18-27/h3-4,8-11,16,19-23,27H,1-2,5-7,14-15,17-18H2. The van der Waals surface area contributed by atoms with Crippen LogP contribution >= 0.6 is 0 Å². The van der Waals surface area contributed by atoms with Crippen LogP contribution in [0.5, 0.6) is 0 Å². The summed E-state index contributed by atoms with van der Waals surface area (Å²) in [5.74, 6) is 7.46. The Hall–Kier alpha value is -3.11. The number of benzene rings is 3. The number of aryl methyl sites for hydroxylation is 1. The van der Waals surface area contributed by atoms with Crippen LogP contribution in [0.4, 0.5) is 4.39 Å². The highest BCUT2D eigenvalue weighted by Crippen LogP contribution is 2.39. The van der Waals surface area contributed by atoms with E-state index < -0.39 is 0 Å². The van der Waals surface area contributed by atoms with Crippen molar-refractivity contribution in [1.82, 2.24) is 0 Å². The molecule has 0 amide bonds. The van der Waals surface area contributed by atoms with E-state index in [2.05, 4.69) is 55.3 Å². The van der Waals surface area contributed by atoms with Crippen molar-refractivity contribution in [1.29, 1.82) is 0 Å². The van der Waals surface area contributed by atoms with Gasteiger partial charge in [0.2, 0.25) is 0 Å². The molecule has 4 rings (SSSR count). The van der Waals surface area contributed by atoms with Crippen LogP contribution in [0.15, 0.2) is 79.9 Å². The molecule has 0 spiro atoms. The molecule has 1 heteroatoms. The molecule has 0 aromatic heterocycles. The van der Waals surface area contributed by atoms with Gasteiger partial charge in [-0.25, -0.2) is 4.39 Å². The predicted octanol–water partition coefficient (Wildman–Crippen LogP) is 8.35. The summed E-state index contributed by atoms with van der Waals surface area (Å²) in [6, 6.07) is 18.2. The van der Waals surface area contributed by atoms with Crippen LogP contribution in [0.3, 0.4) is 0 Å². The van der Waals surface area contributed by atoms with Crippen molar-refractivity contribution in [2.45, 2.75) is 50.9 Å². The molecule has 0 radical (unpaired) electrons. The van der Waals surface area contributed by atoms with Crippen LogP contribution in [0, 0.1) is 23.6 Å². The minimum Gasteiger partial charge on any atom is -0.206 e. The molecule has 0 N–H and O–H groups in total. The van der Waals surface area contributed by atoms with E-state index in [0.717, 1.165) is 72.9 Å². The highest BCUT2D eigenvalue weighted by Gasteiger charge is 2.24. The highest BCUT2D eigenvalue weighted by molar-refractivity contribution is 5.85. The van der Waals surface area contributed by atoms with Gasteiger partial charge >= 0.3 is 0 Å². The zero-order valence-electron chi connectivity index (χ0n) is 18.7. The molecule has 0 aliphatic heterocycles. The van der Waals surface area contributed by atoms with Crippen LogP contribution < -0.4 is 0 Å². The Balaban J connectivity index is 1.50. The van der Waals surface area contributed by atoms with Crippen molar-refractivity contribution in [3.63, 3.8) is 0 Å². The summed E-state index contributed by atoms with van der Waals surface area (Å²) < 4.78 is 15.3. The summed E-state index contributed by atoms with van der Waals surface area (Å²) in [4.78, 5) is 0. The van der Waals surface area contributed by atoms with E-state index in [4.69, 9.17) is 0 Å². The van der Waals surface area contributed by atoms with Gasteiger partial charge in [-0.1, -0.05) is 54.3 Å². The number of hydrogen-bond acceptors (Lipinski definition) is 0. The van der Waals surface area contributed by atoms with Gasteiger partial charge in [0.15, 0.2) is 0 Å². The van der Waals surface area contributed by atoms with Gasteiger partial charge in [0.25, 0.3) is 0 Å². The van der Waals surface area contributed by atoms with E-state index in [-0.39, 0.29) is 5.82 Å². The second-order valence-electron chi connectivity index (χ2n) is 8.92. The molecule has 1 aliphatic rings. The normalized spacial score (nSPS) is 18.0. The van der Waals surface area contributed by atoms with Gasteiger partial charge in [0, 0.05) is 16.5 Å². The Kier molecular flexibility index (Phi) is 7.23. The lowest BCUT2D eigenvalue weighted by atomic mass is 9.77. The topological polar surface area (TPSA) is 0 Å². The van der Waals surface area contributed by atoms with Crippen molar-refractivity contribution in [3.8, 4) is 11.8 Å². The van der Waals surface area contributed by atoms with E-state index in [1.807, 2.05) is 36.4 Å². The summed E-state index contributed by atoms with van der Waals surface area (Å²) in [5.41, 5.74) is 4.07. The van der Waals surface area contributed by atoms with Crippen molar-refractivity contribution >= 4 is 10.8 Å². The molecule has 0 heterocycles. The van der Waals surface area contributed by atoms with Crippen LogP contribution in [0.25, 0.3) is 10.8 Å². The van der Waals surface area contributed by atoms with Crippen LogP contribution in [-0.4, -0.2) is 0 Å². The van der Waals surface area contributed by atoms with Gasteiger partial charge < -0.3 is 0 Å². The first-order valence-electron chi connectivity index (χ1n) is 11.7. The molecule has 3 aromatic carbocycles. The van der Waals surface area contributed by atoms with Gasteiger partial charge in [-0.2, -0.15) is 0 Å². The Morgan fingerprint density at radius 1 is 0.844 bits per heavy atom. The lowest BCUT2D eigenvalue weighted by Gasteiger charge is -2.28. The van der Waals surface area contributed by atoms with Crippen LogP contribution in [0.1, 0.15) is 66.7 Å². The zero-order valence-corrected chi connectivity index (χ0v) is 18.7. The van der Waals surface area contributed by atoms with E-state index in [1.165, 1.54) is 5.56 Å². The molecule has 0 saturated heterocycles. The summed E-state index contributed by atoms with van der Waals surface area (Å²) in [7, 11) is 0. The number of allylic oxidation sites excluding steroid dienone is 2. The van der Waals surface area contributed by atoms with Crippen molar-refractivity contribution in [3.05, 3.63) is 108 Å². The van der Waals surface area contributed by atoms with Gasteiger partial charge in [0.1, 0.15) is 5.82 Å². The third-order valence-electron chi connectivity index (χ3n) is 6.71. The number of halogens is 1. The van der Waals surface area contributed by atoms with E-state index in [0.29, 0.717) is 11.3 Å². The molecular weight excluding hydrogens is 391 g/mol. The average Bonchev–Trinajstić information content (AvgIpc) is 2.83. The Morgan fingerprint density at radius 3 is 2.28 bits per heavy atom. The summed E-state index contributed by atoms with van der Waals surface area (Å²) in [6.07, 6.45) is 11.5. The summed E-state index contributed by atoms with van der Waals surface area (Å²) >= 11 is 0. The molecule has 0 bridgehead atoms. The first-order valence-corrected chi connectivity index (χ1v) is 11.7. The third kappa shape index (κ3) is 5.20. The fraction of sp³-hybridized carbons (Fsp3) is 0.290. The Bertz CT molecular complexity index is 1150. The molecule has 0 nitrogen and oxygen atoms in total. The minimum absolute atomic E-state index is 0.0516. The predicted molar refractivity (Wildman–Crippen MR) is 134 cm³/mol. The highest BCUT2D eigenvalue weighted by atomic mass is 19.1. The third-order valence-corrected chi connectivity index (χ3v) is 6.71.